The molecule has 1 aliphatic rings. The molecule has 8 nitrogen and oxygen atoms in total. The smallest absolute Gasteiger partial charge is 0.293 e. The molecule has 260 valence electrons. The van der Waals surface area contributed by atoms with Crippen LogP contribution in [0.4, 0.5) is 4.79 Å². The number of aryl methyl sites for hydroxylation is 1. The second-order valence-electron chi connectivity index (χ2n) is 12.5. The monoisotopic (exact) mass is 706 g/mol. The largest absolute Gasteiger partial charge is 0.393 e. The van der Waals surface area contributed by atoms with Gasteiger partial charge in [0, 0.05) is 19.0 Å². The van der Waals surface area contributed by atoms with E-state index in [-0.39, 0.29) is 19.6 Å². The summed E-state index contributed by atoms with van der Waals surface area (Å²) in [5, 5.41) is 3.81. The van der Waals surface area contributed by atoms with Crippen LogP contribution in [0.5, 0.6) is 0 Å². The van der Waals surface area contributed by atoms with Crippen LogP contribution in [0.3, 0.4) is 0 Å². The second-order valence-corrected chi connectivity index (χ2v) is 13.7. The van der Waals surface area contributed by atoms with Gasteiger partial charge in [0.25, 0.3) is 11.1 Å². The Kier molecular flexibility index (Phi) is 10.2. The van der Waals surface area contributed by atoms with Gasteiger partial charge >= 0.3 is 0 Å². The molecule has 0 bridgehead atoms. The maximum Gasteiger partial charge on any atom is 0.293 e. The van der Waals surface area contributed by atoms with E-state index in [1.54, 1.807) is 6.21 Å². The van der Waals surface area contributed by atoms with Crippen LogP contribution < -0.4 is 0 Å². The lowest BCUT2D eigenvalue weighted by Crippen LogP contribution is -2.54. The van der Waals surface area contributed by atoms with Crippen LogP contribution in [0, 0.1) is 6.92 Å². The predicted molar refractivity (Wildman–Crippen MR) is 205 cm³/mol. The molecule has 1 fully saturated rings. The molecule has 1 saturated heterocycles. The summed E-state index contributed by atoms with van der Waals surface area (Å²) >= 11 is 0.910. The topological polar surface area (TPSA) is 86.0 Å². The average molecular weight is 707 g/mol. The summed E-state index contributed by atoms with van der Waals surface area (Å²) in [5.74, 6) is 0.389. The summed E-state index contributed by atoms with van der Waals surface area (Å²) in [4.78, 5) is 40.0. The first-order valence-corrected chi connectivity index (χ1v) is 17.9. The highest BCUT2D eigenvalue weighted by molar-refractivity contribution is 8.15. The fraction of sp³-hybridized carbons (Fsp3) is 0.163. The van der Waals surface area contributed by atoms with E-state index < -0.39 is 21.6 Å². The molecular weight excluding hydrogens is 669 g/mol. The molecule has 52 heavy (non-hydrogen) atoms. The Balaban J connectivity index is 1.19. The molecule has 1 atom stereocenters. The number of rotatable bonds is 13. The third-order valence-corrected chi connectivity index (χ3v) is 10.4. The molecule has 1 unspecified atom stereocenters. The number of imide groups is 1. The van der Waals surface area contributed by atoms with Gasteiger partial charge in [-0.1, -0.05) is 157 Å². The summed E-state index contributed by atoms with van der Waals surface area (Å²) < 4.78 is 8.47. The van der Waals surface area contributed by atoms with Crippen LogP contribution in [0.25, 0.3) is 11.4 Å². The molecular formula is C43H38N4O4S. The number of carbonyl (C=O) groups excluding carboxylic acids is 2. The van der Waals surface area contributed by atoms with Crippen LogP contribution >= 0.6 is 11.8 Å². The van der Waals surface area contributed by atoms with Crippen molar-refractivity contribution in [3.05, 3.63) is 185 Å². The number of hydrogen-bond acceptors (Lipinski definition) is 7. The summed E-state index contributed by atoms with van der Waals surface area (Å²) in [6, 6.07) is 48.7. The Morgan fingerprint density at radius 2 is 1.23 bits per heavy atom. The highest BCUT2D eigenvalue weighted by Crippen LogP contribution is 2.51. The van der Waals surface area contributed by atoms with E-state index in [9.17, 15) is 4.79 Å². The van der Waals surface area contributed by atoms with E-state index in [0.29, 0.717) is 0 Å². The fourth-order valence-electron chi connectivity index (χ4n) is 6.87. The van der Waals surface area contributed by atoms with Crippen LogP contribution in [-0.4, -0.2) is 50.0 Å². The van der Waals surface area contributed by atoms with E-state index in [1.165, 1.54) is 4.90 Å². The number of ether oxygens (including phenoxy) is 1. The molecule has 2 amide bonds. The van der Waals surface area contributed by atoms with Gasteiger partial charge in [0.1, 0.15) is 18.0 Å². The first kappa shape index (κ1) is 34.7. The molecule has 9 heteroatoms. The van der Waals surface area contributed by atoms with Gasteiger partial charge in [-0.05, 0) is 40.9 Å². The molecule has 5 aromatic carbocycles. The minimum atomic E-state index is -1.56. The van der Waals surface area contributed by atoms with Crippen molar-refractivity contribution < 1.29 is 19.2 Å². The Labute approximate surface area is 307 Å². The number of thioether (sulfide) groups is 1. The maximum atomic E-state index is 15.2. The van der Waals surface area contributed by atoms with Gasteiger partial charge in [-0.25, -0.2) is 4.98 Å². The Morgan fingerprint density at radius 1 is 0.731 bits per heavy atom. The van der Waals surface area contributed by atoms with Gasteiger partial charge < -0.3 is 14.1 Å². The van der Waals surface area contributed by atoms with E-state index >= 15 is 4.79 Å². The van der Waals surface area contributed by atoms with Crippen LogP contribution in [0.1, 0.15) is 33.6 Å². The van der Waals surface area contributed by atoms with Crippen molar-refractivity contribution in [2.24, 2.45) is 12.2 Å². The first-order chi connectivity index (χ1) is 25.4. The summed E-state index contributed by atoms with van der Waals surface area (Å²) in [7, 11) is 1.94. The van der Waals surface area contributed by atoms with Crippen LogP contribution in [-0.2, 0) is 33.4 Å². The number of aromatic nitrogens is 2. The fourth-order valence-corrected chi connectivity index (χ4v) is 8.03. The number of nitrogens with zero attached hydrogens (tertiary/aromatic N) is 4. The molecule has 1 aliphatic heterocycles. The maximum absolute atomic E-state index is 15.2. The van der Waals surface area contributed by atoms with E-state index in [0.717, 1.165) is 56.8 Å². The normalized spacial score (nSPS) is 16.2. The molecule has 0 radical (unpaired) electrons. The second kappa shape index (κ2) is 15.2. The molecule has 7 rings (SSSR count). The SMILES string of the molecule is Cc1nc(-c2ccccc2)n(C)c1C=NOCCOC1(Cc2ccccc2)SC(=O)N(C(c2ccccc2)(c2ccccc2)c2ccccc2)C1=O. The van der Waals surface area contributed by atoms with Crippen molar-refractivity contribution in [1.82, 2.24) is 14.5 Å². The van der Waals surface area contributed by atoms with Crippen LogP contribution in [0.2, 0.25) is 0 Å². The first-order valence-electron chi connectivity index (χ1n) is 17.1. The van der Waals surface area contributed by atoms with Crippen LogP contribution in [0.15, 0.2) is 157 Å². The standard InChI is InChI=1S/C43H38N4O4S/c1-32-38(46(2)39(45-32)34-20-10-4-11-21-34)31-44-51-29-28-50-42(30-33-18-8-3-9-19-33)40(48)47(41(49)52-42)43(35-22-12-5-13-23-35,36-24-14-6-15-25-36)37-26-16-7-17-27-37/h3-27,31H,28-30H2,1-2H3. The van der Waals surface area contributed by atoms with E-state index in [4.69, 9.17) is 14.6 Å². The van der Waals surface area contributed by atoms with E-state index in [2.05, 4.69) is 5.16 Å². The molecule has 2 heterocycles. The molecule has 0 saturated carbocycles. The van der Waals surface area contributed by atoms with Gasteiger partial charge in [0.05, 0.1) is 24.2 Å². The van der Waals surface area contributed by atoms with Gasteiger partial charge in [-0.2, -0.15) is 0 Å². The number of amides is 2. The summed E-state index contributed by atoms with van der Waals surface area (Å²) in [5.41, 5.74) is 4.56. The molecule has 0 aliphatic carbocycles. The Morgan fingerprint density at radius 3 is 1.77 bits per heavy atom. The predicted octanol–water partition coefficient (Wildman–Crippen LogP) is 8.39. The minimum absolute atomic E-state index is 0.0126. The van der Waals surface area contributed by atoms with Gasteiger partial charge in [0.15, 0.2) is 0 Å². The van der Waals surface area contributed by atoms with E-state index in [1.807, 2.05) is 170 Å². The number of imidazole rings is 1. The highest BCUT2D eigenvalue weighted by atomic mass is 32.2. The zero-order chi connectivity index (χ0) is 36.0. The Hall–Kier alpha value is -5.77. The molecule has 1 aromatic heterocycles. The van der Waals surface area contributed by atoms with Gasteiger partial charge in [-0.15, -0.1) is 0 Å². The Bertz CT molecular complexity index is 2060. The number of hydrogen-bond donors (Lipinski definition) is 0. The lowest BCUT2D eigenvalue weighted by Gasteiger charge is -2.42. The summed E-state index contributed by atoms with van der Waals surface area (Å²) in [6.07, 6.45) is 1.80. The average Bonchev–Trinajstić information content (AvgIpc) is 3.61. The third kappa shape index (κ3) is 6.56. The van der Waals surface area contributed by atoms with Gasteiger partial charge in [0.2, 0.25) is 4.93 Å². The third-order valence-electron chi connectivity index (χ3n) is 9.27. The molecule has 0 N–H and O–H groups in total. The number of carbonyl (C=O) groups is 2. The summed E-state index contributed by atoms with van der Waals surface area (Å²) in [6.45, 7) is 1.99. The molecule has 0 spiro atoms. The lowest BCUT2D eigenvalue weighted by molar-refractivity contribution is -0.146. The zero-order valence-electron chi connectivity index (χ0n) is 29.0. The minimum Gasteiger partial charge on any atom is -0.393 e. The lowest BCUT2D eigenvalue weighted by atomic mass is 9.75. The molecule has 6 aromatic rings. The van der Waals surface area contributed by atoms with Crippen molar-refractivity contribution in [1.29, 1.82) is 0 Å². The number of oxime groups is 1. The number of benzene rings is 5. The van der Waals surface area contributed by atoms with Crippen molar-refractivity contribution in [2.75, 3.05) is 13.2 Å². The van der Waals surface area contributed by atoms with Gasteiger partial charge in [-0.3, -0.25) is 14.5 Å². The van der Waals surface area contributed by atoms with Crippen molar-refractivity contribution in [2.45, 2.75) is 23.8 Å². The van der Waals surface area contributed by atoms with Crippen molar-refractivity contribution in [3.8, 4) is 11.4 Å². The van der Waals surface area contributed by atoms with Crippen molar-refractivity contribution >= 4 is 29.1 Å². The van der Waals surface area contributed by atoms with Crippen molar-refractivity contribution in [3.63, 3.8) is 0 Å². The zero-order valence-corrected chi connectivity index (χ0v) is 29.8. The highest BCUT2D eigenvalue weighted by Gasteiger charge is 2.61. The quantitative estimate of drug-likeness (QED) is 0.0519.